The van der Waals surface area contributed by atoms with E-state index in [2.05, 4.69) is 19.2 Å². The first kappa shape index (κ1) is 11.8. The van der Waals surface area contributed by atoms with Crippen LogP contribution in [0.5, 0.6) is 0 Å². The molecule has 0 saturated carbocycles. The number of hydrogen-bond donors (Lipinski definition) is 1. The van der Waals surface area contributed by atoms with Crippen molar-refractivity contribution in [2.75, 3.05) is 0 Å². The summed E-state index contributed by atoms with van der Waals surface area (Å²) in [4.78, 5) is 11.5. The summed E-state index contributed by atoms with van der Waals surface area (Å²) in [5.41, 5.74) is 0. The van der Waals surface area contributed by atoms with Gasteiger partial charge in [0.1, 0.15) is 5.76 Å². The summed E-state index contributed by atoms with van der Waals surface area (Å²) in [6, 6.07) is 3.96. The Balaban J connectivity index is 2.25. The summed E-state index contributed by atoms with van der Waals surface area (Å²) in [5, 5.41) is 2.96. The molecule has 84 valence electrons. The van der Waals surface area contributed by atoms with Gasteiger partial charge in [0.15, 0.2) is 0 Å². The molecule has 1 aromatic heterocycles. The standard InChI is InChI=1S/C12H19NO2/c1-9(2)10(3)13-12(14)7-6-11-5-4-8-15-11/h4-5,8-10H,6-7H2,1-3H3,(H,13,14). The van der Waals surface area contributed by atoms with Crippen molar-refractivity contribution in [3.05, 3.63) is 24.2 Å². The maximum absolute atomic E-state index is 11.5. The van der Waals surface area contributed by atoms with Gasteiger partial charge in [-0.2, -0.15) is 0 Å². The lowest BCUT2D eigenvalue weighted by Gasteiger charge is -2.17. The highest BCUT2D eigenvalue weighted by atomic mass is 16.3. The molecule has 3 heteroatoms. The van der Waals surface area contributed by atoms with Gasteiger partial charge in [-0.15, -0.1) is 0 Å². The minimum atomic E-state index is 0.0904. The lowest BCUT2D eigenvalue weighted by Crippen LogP contribution is -2.36. The first-order valence-corrected chi connectivity index (χ1v) is 5.41. The molecule has 0 radical (unpaired) electrons. The SMILES string of the molecule is CC(C)C(C)NC(=O)CCc1ccco1. The zero-order chi connectivity index (χ0) is 11.3. The zero-order valence-electron chi connectivity index (χ0n) is 9.62. The zero-order valence-corrected chi connectivity index (χ0v) is 9.62. The molecule has 1 atom stereocenters. The highest BCUT2D eigenvalue weighted by Crippen LogP contribution is 2.05. The Morgan fingerprint density at radius 1 is 1.47 bits per heavy atom. The second-order valence-corrected chi connectivity index (χ2v) is 4.18. The molecular weight excluding hydrogens is 190 g/mol. The molecule has 1 N–H and O–H groups in total. The molecule has 0 spiro atoms. The second kappa shape index (κ2) is 5.59. The van der Waals surface area contributed by atoms with Crippen LogP contribution in [0.1, 0.15) is 33.0 Å². The molecule has 0 fully saturated rings. The van der Waals surface area contributed by atoms with Gasteiger partial charge in [0.05, 0.1) is 6.26 Å². The summed E-state index contributed by atoms with van der Waals surface area (Å²) < 4.78 is 5.16. The fourth-order valence-corrected chi connectivity index (χ4v) is 1.18. The van der Waals surface area contributed by atoms with Crippen LogP contribution in [0.25, 0.3) is 0 Å². The van der Waals surface area contributed by atoms with Gasteiger partial charge in [-0.25, -0.2) is 0 Å². The molecule has 15 heavy (non-hydrogen) atoms. The molecule has 3 nitrogen and oxygen atoms in total. The van der Waals surface area contributed by atoms with E-state index in [1.165, 1.54) is 0 Å². The average molecular weight is 209 g/mol. The fraction of sp³-hybridized carbons (Fsp3) is 0.583. The minimum Gasteiger partial charge on any atom is -0.469 e. The molecule has 1 heterocycles. The number of amides is 1. The van der Waals surface area contributed by atoms with Gasteiger partial charge in [-0.05, 0) is 25.0 Å². The van der Waals surface area contributed by atoms with Gasteiger partial charge in [0.2, 0.25) is 5.91 Å². The van der Waals surface area contributed by atoms with Crippen molar-refractivity contribution in [1.29, 1.82) is 0 Å². The maximum atomic E-state index is 11.5. The van der Waals surface area contributed by atoms with Crippen LogP contribution in [0.2, 0.25) is 0 Å². The van der Waals surface area contributed by atoms with Crippen molar-refractivity contribution < 1.29 is 9.21 Å². The molecule has 0 bridgehead atoms. The van der Waals surface area contributed by atoms with Crippen molar-refractivity contribution in [2.24, 2.45) is 5.92 Å². The van der Waals surface area contributed by atoms with E-state index in [0.717, 1.165) is 5.76 Å². The van der Waals surface area contributed by atoms with Crippen LogP contribution in [-0.2, 0) is 11.2 Å². The number of hydrogen-bond acceptors (Lipinski definition) is 2. The third kappa shape index (κ3) is 4.19. The summed E-state index contributed by atoms with van der Waals surface area (Å²) >= 11 is 0. The van der Waals surface area contributed by atoms with Crippen molar-refractivity contribution in [3.63, 3.8) is 0 Å². The summed E-state index contributed by atoms with van der Waals surface area (Å²) in [5.74, 6) is 1.42. The molecule has 1 rings (SSSR count). The Morgan fingerprint density at radius 3 is 2.73 bits per heavy atom. The maximum Gasteiger partial charge on any atom is 0.220 e. The minimum absolute atomic E-state index is 0.0904. The summed E-state index contributed by atoms with van der Waals surface area (Å²) in [7, 11) is 0. The lowest BCUT2D eigenvalue weighted by atomic mass is 10.1. The van der Waals surface area contributed by atoms with Gasteiger partial charge in [-0.1, -0.05) is 13.8 Å². The third-order valence-electron chi connectivity index (χ3n) is 2.57. The van der Waals surface area contributed by atoms with Crippen LogP contribution < -0.4 is 5.32 Å². The molecule has 0 aliphatic carbocycles. The summed E-state index contributed by atoms with van der Waals surface area (Å²) in [6.45, 7) is 6.21. The van der Waals surface area contributed by atoms with E-state index in [1.54, 1.807) is 6.26 Å². The van der Waals surface area contributed by atoms with E-state index in [0.29, 0.717) is 18.8 Å². The van der Waals surface area contributed by atoms with Crippen LogP contribution in [0.4, 0.5) is 0 Å². The highest BCUT2D eigenvalue weighted by molar-refractivity contribution is 5.76. The van der Waals surface area contributed by atoms with Gasteiger partial charge >= 0.3 is 0 Å². The highest BCUT2D eigenvalue weighted by Gasteiger charge is 2.10. The van der Waals surface area contributed by atoms with Crippen LogP contribution in [-0.4, -0.2) is 11.9 Å². The number of nitrogens with one attached hydrogen (secondary N) is 1. The van der Waals surface area contributed by atoms with Crippen LogP contribution in [0.3, 0.4) is 0 Å². The average Bonchev–Trinajstić information content (AvgIpc) is 2.66. The molecule has 0 aliphatic rings. The molecular formula is C12H19NO2. The summed E-state index contributed by atoms with van der Waals surface area (Å²) in [6.07, 6.45) is 2.79. The lowest BCUT2D eigenvalue weighted by molar-refractivity contribution is -0.122. The number of carbonyl (C=O) groups excluding carboxylic acids is 1. The Morgan fingerprint density at radius 2 is 2.20 bits per heavy atom. The van der Waals surface area contributed by atoms with E-state index in [4.69, 9.17) is 4.42 Å². The van der Waals surface area contributed by atoms with Gasteiger partial charge < -0.3 is 9.73 Å². The van der Waals surface area contributed by atoms with Crippen molar-refractivity contribution in [1.82, 2.24) is 5.32 Å². The fourth-order valence-electron chi connectivity index (χ4n) is 1.18. The predicted molar refractivity (Wildman–Crippen MR) is 59.5 cm³/mol. The van der Waals surface area contributed by atoms with Crippen molar-refractivity contribution in [2.45, 2.75) is 39.7 Å². The van der Waals surface area contributed by atoms with E-state index in [1.807, 2.05) is 19.1 Å². The molecule has 1 amide bonds. The normalized spacial score (nSPS) is 12.8. The van der Waals surface area contributed by atoms with E-state index < -0.39 is 0 Å². The number of aryl methyl sites for hydroxylation is 1. The van der Waals surface area contributed by atoms with Gasteiger partial charge in [-0.3, -0.25) is 4.79 Å². The first-order valence-electron chi connectivity index (χ1n) is 5.41. The Hall–Kier alpha value is -1.25. The topological polar surface area (TPSA) is 42.2 Å². The van der Waals surface area contributed by atoms with Crippen molar-refractivity contribution >= 4 is 5.91 Å². The van der Waals surface area contributed by atoms with E-state index in [-0.39, 0.29) is 11.9 Å². The van der Waals surface area contributed by atoms with Crippen LogP contribution >= 0.6 is 0 Å². The smallest absolute Gasteiger partial charge is 0.220 e. The number of furan rings is 1. The van der Waals surface area contributed by atoms with Gasteiger partial charge in [0.25, 0.3) is 0 Å². The van der Waals surface area contributed by atoms with Crippen molar-refractivity contribution in [3.8, 4) is 0 Å². The molecule has 0 saturated heterocycles. The molecule has 0 aromatic carbocycles. The van der Waals surface area contributed by atoms with Gasteiger partial charge in [0, 0.05) is 18.9 Å². The Kier molecular flexibility index (Phi) is 4.40. The quantitative estimate of drug-likeness (QED) is 0.809. The molecule has 1 aromatic rings. The monoisotopic (exact) mass is 209 g/mol. The molecule has 0 aliphatic heterocycles. The third-order valence-corrected chi connectivity index (χ3v) is 2.57. The predicted octanol–water partition coefficient (Wildman–Crippen LogP) is 2.37. The largest absolute Gasteiger partial charge is 0.469 e. The van der Waals surface area contributed by atoms with Crippen LogP contribution in [0, 0.1) is 5.92 Å². The van der Waals surface area contributed by atoms with E-state index in [9.17, 15) is 4.79 Å². The number of carbonyl (C=O) groups is 1. The second-order valence-electron chi connectivity index (χ2n) is 4.18. The van der Waals surface area contributed by atoms with Crippen LogP contribution in [0.15, 0.2) is 22.8 Å². The van der Waals surface area contributed by atoms with E-state index >= 15 is 0 Å². The number of rotatable bonds is 5. The molecule has 1 unspecified atom stereocenters. The Labute approximate surface area is 90.9 Å². The first-order chi connectivity index (χ1) is 7.09. The Bertz CT molecular complexity index is 291.